The van der Waals surface area contributed by atoms with Gasteiger partial charge in [-0.15, -0.1) is 0 Å². The third-order valence-corrected chi connectivity index (χ3v) is 12.1. The van der Waals surface area contributed by atoms with Crippen LogP contribution in [0.3, 0.4) is 0 Å². The van der Waals surface area contributed by atoms with Crippen LogP contribution in [0.2, 0.25) is 0 Å². The maximum absolute atomic E-state index is 14.3. The molecule has 0 bridgehead atoms. The molecule has 5 unspecified atom stereocenters. The first-order valence-corrected chi connectivity index (χ1v) is 21.6. The first-order chi connectivity index (χ1) is 28.2. The van der Waals surface area contributed by atoms with Crippen LogP contribution in [0.4, 0.5) is 10.5 Å². The molecule has 3 aliphatic rings. The third kappa shape index (κ3) is 11.9. The summed E-state index contributed by atoms with van der Waals surface area (Å²) in [7, 11) is 1.30. The fraction of sp³-hybridized carbons (Fsp3) is 0.426. The molecule has 10 nitrogen and oxygen atoms in total. The summed E-state index contributed by atoms with van der Waals surface area (Å²) in [6, 6.07) is 26.8. The summed E-state index contributed by atoms with van der Waals surface area (Å²) in [5.74, 6) is 0.724. The summed E-state index contributed by atoms with van der Waals surface area (Å²) in [5, 5.41) is 10.7. The summed E-state index contributed by atoms with van der Waals surface area (Å²) >= 11 is 1.71. The first kappa shape index (κ1) is 42.8. The topological polar surface area (TPSA) is 114 Å². The summed E-state index contributed by atoms with van der Waals surface area (Å²) in [6.07, 6.45) is 10.2. The molecule has 5 atom stereocenters. The van der Waals surface area contributed by atoms with E-state index in [1.807, 2.05) is 84.9 Å². The molecule has 11 heteroatoms. The molecule has 308 valence electrons. The molecule has 3 heterocycles. The lowest BCUT2D eigenvalue weighted by atomic mass is 9.84. The Morgan fingerprint density at radius 1 is 1.00 bits per heavy atom. The number of hydrogen-bond donors (Lipinski definition) is 3. The number of benzene rings is 3. The second-order valence-corrected chi connectivity index (χ2v) is 16.4. The summed E-state index contributed by atoms with van der Waals surface area (Å²) in [4.78, 5) is 34.3. The van der Waals surface area contributed by atoms with Crippen LogP contribution in [0.5, 0.6) is 0 Å². The number of amides is 2. The zero-order valence-corrected chi connectivity index (χ0v) is 35.3. The van der Waals surface area contributed by atoms with Gasteiger partial charge in [0.2, 0.25) is 11.8 Å². The number of carbonyl (C=O) groups excluding carboxylic acids is 2. The molecule has 2 amide bonds. The van der Waals surface area contributed by atoms with Gasteiger partial charge in [-0.05, 0) is 87.8 Å². The molecule has 3 aromatic rings. The minimum absolute atomic E-state index is 0.00263. The van der Waals surface area contributed by atoms with Crippen LogP contribution in [0, 0.1) is 0 Å². The van der Waals surface area contributed by atoms with Crippen molar-refractivity contribution in [1.82, 2.24) is 15.5 Å². The van der Waals surface area contributed by atoms with Crippen LogP contribution in [-0.4, -0.2) is 85.6 Å². The average molecular weight is 806 g/mol. The average Bonchev–Trinajstić information content (AvgIpc) is 3.53. The van der Waals surface area contributed by atoms with Gasteiger partial charge in [0.05, 0.1) is 31.9 Å². The number of aryl methyl sites for hydroxylation is 1. The SMILES string of the molecule is CCC1NCC(CCc2ccccc2NC(=O)C(NC(=O)OC)C(c2ccccc2)c2ccccc2)OC1CSC1=CCC(C)N=C(CN2CCC(C)=CC=C2C)O1. The van der Waals surface area contributed by atoms with Crippen molar-refractivity contribution in [1.29, 1.82) is 0 Å². The number of hydrogen-bond acceptors (Lipinski definition) is 9. The number of nitrogens with one attached hydrogen (secondary N) is 3. The molecule has 3 N–H and O–H groups in total. The number of rotatable bonds is 15. The van der Waals surface area contributed by atoms with Crippen molar-refractivity contribution >= 4 is 35.3 Å². The van der Waals surface area contributed by atoms with E-state index in [9.17, 15) is 9.59 Å². The van der Waals surface area contributed by atoms with Crippen LogP contribution >= 0.6 is 11.8 Å². The molecule has 3 aliphatic heterocycles. The van der Waals surface area contributed by atoms with Crippen molar-refractivity contribution in [3.8, 4) is 0 Å². The van der Waals surface area contributed by atoms with Gasteiger partial charge in [0.15, 0.2) is 5.09 Å². The molecule has 0 aromatic heterocycles. The van der Waals surface area contributed by atoms with Gasteiger partial charge in [0, 0.05) is 42.2 Å². The Bertz CT molecular complexity index is 1910. The Hall–Kier alpha value is -4.84. The van der Waals surface area contributed by atoms with Crippen molar-refractivity contribution in [2.45, 2.75) is 96.1 Å². The molecular weight excluding hydrogens is 747 g/mol. The van der Waals surface area contributed by atoms with Gasteiger partial charge in [-0.1, -0.05) is 109 Å². The van der Waals surface area contributed by atoms with Crippen molar-refractivity contribution in [2.75, 3.05) is 37.8 Å². The number of alkyl carbamates (subject to hydrolysis) is 1. The summed E-state index contributed by atoms with van der Waals surface area (Å²) in [5.41, 5.74) is 6.10. The van der Waals surface area contributed by atoms with E-state index in [4.69, 9.17) is 19.2 Å². The molecule has 3 aromatic carbocycles. The number of allylic oxidation sites excluding steroid dienone is 3. The normalized spacial score (nSPS) is 21.6. The molecule has 1 fully saturated rings. The van der Waals surface area contributed by atoms with E-state index in [-0.39, 0.29) is 30.2 Å². The van der Waals surface area contributed by atoms with Gasteiger partial charge < -0.3 is 35.1 Å². The van der Waals surface area contributed by atoms with Gasteiger partial charge in [-0.2, -0.15) is 0 Å². The Balaban J connectivity index is 1.09. The molecule has 0 spiro atoms. The Morgan fingerprint density at radius 3 is 2.41 bits per heavy atom. The second-order valence-electron chi connectivity index (χ2n) is 15.4. The quantitative estimate of drug-likeness (QED) is 0.140. The maximum Gasteiger partial charge on any atom is 0.407 e. The minimum atomic E-state index is -0.949. The third-order valence-electron chi connectivity index (χ3n) is 11.1. The van der Waals surface area contributed by atoms with Crippen molar-refractivity contribution in [3.05, 3.63) is 136 Å². The highest BCUT2D eigenvalue weighted by molar-refractivity contribution is 8.02. The van der Waals surface area contributed by atoms with E-state index in [1.165, 1.54) is 18.4 Å². The van der Waals surface area contributed by atoms with E-state index in [2.05, 4.69) is 66.8 Å². The van der Waals surface area contributed by atoms with Crippen LogP contribution < -0.4 is 16.0 Å². The summed E-state index contributed by atoms with van der Waals surface area (Å²) < 4.78 is 18.3. The van der Waals surface area contributed by atoms with Crippen molar-refractivity contribution in [2.24, 2.45) is 4.99 Å². The number of anilines is 1. The number of ether oxygens (including phenoxy) is 3. The molecule has 0 saturated carbocycles. The minimum Gasteiger partial charge on any atom is -0.453 e. The highest BCUT2D eigenvalue weighted by Crippen LogP contribution is 2.31. The smallest absolute Gasteiger partial charge is 0.407 e. The van der Waals surface area contributed by atoms with Gasteiger partial charge in [0.1, 0.15) is 6.04 Å². The number of nitrogens with zero attached hydrogens (tertiary/aromatic N) is 2. The maximum atomic E-state index is 14.3. The Kier molecular flexibility index (Phi) is 15.7. The molecule has 58 heavy (non-hydrogen) atoms. The predicted molar refractivity (Wildman–Crippen MR) is 235 cm³/mol. The number of carbonyl (C=O) groups is 2. The van der Waals surface area contributed by atoms with Crippen LogP contribution in [0.25, 0.3) is 0 Å². The Morgan fingerprint density at radius 2 is 1.71 bits per heavy atom. The van der Waals surface area contributed by atoms with E-state index in [0.29, 0.717) is 18.7 Å². The van der Waals surface area contributed by atoms with E-state index in [0.717, 1.165) is 72.2 Å². The molecule has 0 aliphatic carbocycles. The van der Waals surface area contributed by atoms with E-state index < -0.39 is 18.1 Å². The zero-order chi connectivity index (χ0) is 40.9. The van der Waals surface area contributed by atoms with Crippen LogP contribution in [-0.2, 0) is 25.4 Å². The van der Waals surface area contributed by atoms with E-state index in [1.54, 1.807) is 11.8 Å². The van der Waals surface area contributed by atoms with Gasteiger partial charge in [-0.3, -0.25) is 9.79 Å². The van der Waals surface area contributed by atoms with Gasteiger partial charge in [-0.25, -0.2) is 4.79 Å². The highest BCUT2D eigenvalue weighted by Gasteiger charge is 2.34. The zero-order valence-electron chi connectivity index (χ0n) is 34.5. The first-order valence-electron chi connectivity index (χ1n) is 20.6. The molecule has 1 saturated heterocycles. The van der Waals surface area contributed by atoms with Crippen LogP contribution in [0.15, 0.2) is 125 Å². The lowest BCUT2D eigenvalue weighted by Crippen LogP contribution is -2.53. The van der Waals surface area contributed by atoms with Crippen molar-refractivity contribution < 1.29 is 23.8 Å². The Labute approximate surface area is 348 Å². The number of methoxy groups -OCH3 is 1. The standard InChI is InChI=1S/C47H59N5O5S/c1-6-39-41(31-58-43-26-22-33(3)49-42(57-43)30-52-28-27-32(2)21-23-34(52)4)56-38(29-48-39)25-24-35-15-13-14-20-40(35)50-46(53)45(51-47(54)55-5)44(36-16-9-7-10-17-36)37-18-11-8-12-19-37/h7-21,23,26,33,38-39,41,44-45,48H,6,22,24-25,27-31H2,1-5H3,(H,50,53)(H,51,54). The predicted octanol–water partition coefficient (Wildman–Crippen LogP) is 8.59. The lowest BCUT2D eigenvalue weighted by molar-refractivity contribution is -0.118. The van der Waals surface area contributed by atoms with Crippen LogP contribution in [0.1, 0.15) is 76.0 Å². The fourth-order valence-electron chi connectivity index (χ4n) is 7.69. The number of morpholine rings is 1. The second kappa shape index (κ2) is 21.2. The number of thioether (sulfide) groups is 1. The molecule has 0 radical (unpaired) electrons. The largest absolute Gasteiger partial charge is 0.453 e. The monoisotopic (exact) mass is 805 g/mol. The molecular formula is C47H59N5O5S. The lowest BCUT2D eigenvalue weighted by Gasteiger charge is -2.37. The molecule has 6 rings (SSSR count). The van der Waals surface area contributed by atoms with Gasteiger partial charge in [0.25, 0.3) is 0 Å². The van der Waals surface area contributed by atoms with E-state index >= 15 is 0 Å². The van der Waals surface area contributed by atoms with Gasteiger partial charge >= 0.3 is 6.09 Å². The highest BCUT2D eigenvalue weighted by atomic mass is 32.2. The number of aliphatic imine (C=N–C) groups is 1. The van der Waals surface area contributed by atoms with Crippen molar-refractivity contribution in [3.63, 3.8) is 0 Å². The summed E-state index contributed by atoms with van der Waals surface area (Å²) in [6.45, 7) is 11.0. The fourth-order valence-corrected chi connectivity index (χ4v) is 8.70. The number of para-hydroxylation sites is 1.